The lowest BCUT2D eigenvalue weighted by Crippen LogP contribution is -2.50. The number of fused-ring (bicyclic) bond motifs is 1. The van der Waals surface area contributed by atoms with Crippen LogP contribution in [0.5, 0.6) is 0 Å². The van der Waals surface area contributed by atoms with Gasteiger partial charge in [-0.05, 0) is 17.5 Å². The summed E-state index contributed by atoms with van der Waals surface area (Å²) in [6.45, 7) is 4.47. The van der Waals surface area contributed by atoms with E-state index in [-0.39, 0.29) is 0 Å². The van der Waals surface area contributed by atoms with Crippen molar-refractivity contribution >= 4 is 5.91 Å². The van der Waals surface area contributed by atoms with E-state index in [0.717, 1.165) is 39.0 Å². The van der Waals surface area contributed by atoms with Crippen LogP contribution < -0.4 is 5.73 Å². The highest BCUT2D eigenvalue weighted by molar-refractivity contribution is 5.78. The lowest BCUT2D eigenvalue weighted by Gasteiger charge is -2.37. The normalized spacial score (nSPS) is 23.7. The Labute approximate surface area is 114 Å². The summed E-state index contributed by atoms with van der Waals surface area (Å²) in [5.74, 6) is 0.344. The summed E-state index contributed by atoms with van der Waals surface area (Å²) in [6, 6.07) is 8.97. The molecule has 2 saturated heterocycles. The lowest BCUT2D eigenvalue weighted by molar-refractivity contribution is -0.130. The Bertz CT molecular complexity index is 457. The second-order valence-corrected chi connectivity index (χ2v) is 5.54. The van der Waals surface area contributed by atoms with E-state index in [0.29, 0.717) is 18.5 Å². The van der Waals surface area contributed by atoms with Gasteiger partial charge in [-0.15, -0.1) is 0 Å². The molecule has 2 heterocycles. The Hall–Kier alpha value is -1.39. The van der Waals surface area contributed by atoms with Crippen LogP contribution in [0.25, 0.3) is 0 Å². The molecule has 2 aliphatic heterocycles. The molecule has 3 rings (SSSR count). The lowest BCUT2D eigenvalue weighted by atomic mass is 10.1. The number of carbonyl (C=O) groups excluding carboxylic acids is 1. The van der Waals surface area contributed by atoms with Crippen molar-refractivity contribution in [3.05, 3.63) is 35.4 Å². The zero-order valence-electron chi connectivity index (χ0n) is 11.2. The highest BCUT2D eigenvalue weighted by Crippen LogP contribution is 2.23. The number of hydrogen-bond acceptors (Lipinski definition) is 3. The van der Waals surface area contributed by atoms with Gasteiger partial charge in [-0.25, -0.2) is 0 Å². The Balaban J connectivity index is 1.60. The molecule has 1 unspecified atom stereocenters. The molecule has 4 nitrogen and oxygen atoms in total. The smallest absolute Gasteiger partial charge is 0.222 e. The molecule has 4 heteroatoms. The van der Waals surface area contributed by atoms with Gasteiger partial charge in [0, 0.05) is 45.2 Å². The number of rotatable bonds is 3. The highest BCUT2D eigenvalue weighted by atomic mass is 16.2. The number of carbonyl (C=O) groups is 1. The minimum atomic E-state index is 0.344. The van der Waals surface area contributed by atoms with Gasteiger partial charge in [-0.1, -0.05) is 24.3 Å². The maximum Gasteiger partial charge on any atom is 0.222 e. The molecule has 1 aromatic rings. The zero-order chi connectivity index (χ0) is 13.2. The third kappa shape index (κ3) is 2.65. The van der Waals surface area contributed by atoms with Crippen molar-refractivity contribution in [2.24, 2.45) is 5.73 Å². The van der Waals surface area contributed by atoms with Gasteiger partial charge in [0.1, 0.15) is 0 Å². The number of piperazine rings is 1. The van der Waals surface area contributed by atoms with Gasteiger partial charge in [0.2, 0.25) is 5.91 Å². The fraction of sp³-hybridized carbons (Fsp3) is 0.533. The predicted molar refractivity (Wildman–Crippen MR) is 74.3 cm³/mol. The first-order valence-corrected chi connectivity index (χ1v) is 7.06. The molecule has 1 amide bonds. The second-order valence-electron chi connectivity index (χ2n) is 5.54. The topological polar surface area (TPSA) is 49.6 Å². The van der Waals surface area contributed by atoms with E-state index >= 15 is 0 Å². The van der Waals surface area contributed by atoms with Crippen molar-refractivity contribution in [2.45, 2.75) is 32.0 Å². The van der Waals surface area contributed by atoms with Crippen molar-refractivity contribution in [2.75, 3.05) is 19.6 Å². The fourth-order valence-corrected chi connectivity index (χ4v) is 3.11. The van der Waals surface area contributed by atoms with Gasteiger partial charge in [-0.2, -0.15) is 0 Å². The van der Waals surface area contributed by atoms with Crippen LogP contribution in [0.4, 0.5) is 0 Å². The highest BCUT2D eigenvalue weighted by Gasteiger charge is 2.35. The summed E-state index contributed by atoms with van der Waals surface area (Å²) in [6.07, 6.45) is 1.77. The van der Waals surface area contributed by atoms with E-state index in [9.17, 15) is 4.79 Å². The molecule has 0 bridgehead atoms. The number of amides is 1. The average molecular weight is 259 g/mol. The molecular formula is C15H21N3O. The standard InChI is InChI=1S/C15H21N3O/c16-9-12-1-3-13(4-2-12)10-17-7-8-18-14(11-17)5-6-15(18)19/h1-4,14H,5-11,16H2. The molecule has 1 aromatic carbocycles. The van der Waals surface area contributed by atoms with Crippen LogP contribution >= 0.6 is 0 Å². The summed E-state index contributed by atoms with van der Waals surface area (Å²) in [4.78, 5) is 16.2. The Kier molecular flexibility index (Phi) is 3.53. The predicted octanol–water partition coefficient (Wildman–Crippen LogP) is 0.952. The molecular weight excluding hydrogens is 238 g/mol. The summed E-state index contributed by atoms with van der Waals surface area (Å²) >= 11 is 0. The van der Waals surface area contributed by atoms with Crippen LogP contribution in [0.1, 0.15) is 24.0 Å². The van der Waals surface area contributed by atoms with Crippen LogP contribution in [0.3, 0.4) is 0 Å². The van der Waals surface area contributed by atoms with E-state index < -0.39 is 0 Å². The molecule has 0 radical (unpaired) electrons. The van der Waals surface area contributed by atoms with Gasteiger partial charge < -0.3 is 10.6 Å². The van der Waals surface area contributed by atoms with Crippen molar-refractivity contribution in [3.8, 4) is 0 Å². The summed E-state index contributed by atoms with van der Waals surface area (Å²) in [5, 5.41) is 0. The number of nitrogens with two attached hydrogens (primary N) is 1. The van der Waals surface area contributed by atoms with E-state index in [1.165, 1.54) is 11.1 Å². The third-order valence-electron chi connectivity index (χ3n) is 4.24. The first-order chi connectivity index (χ1) is 9.26. The van der Waals surface area contributed by atoms with Gasteiger partial charge in [0.25, 0.3) is 0 Å². The average Bonchev–Trinajstić information content (AvgIpc) is 2.81. The maximum atomic E-state index is 11.6. The third-order valence-corrected chi connectivity index (χ3v) is 4.24. The number of benzene rings is 1. The minimum Gasteiger partial charge on any atom is -0.337 e. The molecule has 0 aliphatic carbocycles. The van der Waals surface area contributed by atoms with Crippen LogP contribution in [-0.2, 0) is 17.9 Å². The van der Waals surface area contributed by atoms with Crippen molar-refractivity contribution in [1.29, 1.82) is 0 Å². The van der Waals surface area contributed by atoms with Gasteiger partial charge >= 0.3 is 0 Å². The van der Waals surface area contributed by atoms with Gasteiger partial charge in [0.05, 0.1) is 0 Å². The van der Waals surface area contributed by atoms with Crippen molar-refractivity contribution < 1.29 is 4.79 Å². The Morgan fingerprint density at radius 1 is 1.16 bits per heavy atom. The molecule has 0 saturated carbocycles. The van der Waals surface area contributed by atoms with Crippen LogP contribution in [-0.4, -0.2) is 41.4 Å². The SMILES string of the molecule is NCc1ccc(CN2CCN3C(=O)CCC3C2)cc1. The molecule has 0 spiro atoms. The molecule has 102 valence electrons. The monoisotopic (exact) mass is 259 g/mol. The van der Waals surface area contributed by atoms with E-state index in [1.54, 1.807) is 0 Å². The number of nitrogens with zero attached hydrogens (tertiary/aromatic N) is 2. The molecule has 2 aliphatic rings. The van der Waals surface area contributed by atoms with Crippen LogP contribution in [0.15, 0.2) is 24.3 Å². The first kappa shape index (κ1) is 12.6. The summed E-state index contributed by atoms with van der Waals surface area (Å²) in [7, 11) is 0. The Morgan fingerprint density at radius 3 is 2.63 bits per heavy atom. The number of hydrogen-bond donors (Lipinski definition) is 1. The quantitative estimate of drug-likeness (QED) is 0.879. The molecule has 2 fully saturated rings. The fourth-order valence-electron chi connectivity index (χ4n) is 3.11. The maximum absolute atomic E-state index is 11.6. The summed E-state index contributed by atoms with van der Waals surface area (Å²) < 4.78 is 0. The Morgan fingerprint density at radius 2 is 1.89 bits per heavy atom. The molecule has 19 heavy (non-hydrogen) atoms. The minimum absolute atomic E-state index is 0.344. The van der Waals surface area contributed by atoms with Crippen molar-refractivity contribution in [3.63, 3.8) is 0 Å². The molecule has 0 aromatic heterocycles. The van der Waals surface area contributed by atoms with E-state index in [4.69, 9.17) is 5.73 Å². The molecule has 2 N–H and O–H groups in total. The summed E-state index contributed by atoms with van der Waals surface area (Å²) in [5.41, 5.74) is 8.11. The zero-order valence-corrected chi connectivity index (χ0v) is 11.2. The van der Waals surface area contributed by atoms with Crippen molar-refractivity contribution in [1.82, 2.24) is 9.80 Å². The van der Waals surface area contributed by atoms with Gasteiger partial charge in [-0.3, -0.25) is 9.69 Å². The first-order valence-electron chi connectivity index (χ1n) is 7.06. The van der Waals surface area contributed by atoms with Gasteiger partial charge in [0.15, 0.2) is 0 Å². The van der Waals surface area contributed by atoms with E-state index in [2.05, 4.69) is 34.1 Å². The largest absolute Gasteiger partial charge is 0.337 e. The van der Waals surface area contributed by atoms with Crippen LogP contribution in [0.2, 0.25) is 0 Å². The van der Waals surface area contributed by atoms with E-state index in [1.807, 2.05) is 0 Å². The second kappa shape index (κ2) is 5.31. The van der Waals surface area contributed by atoms with Crippen LogP contribution in [0, 0.1) is 0 Å². The molecule has 1 atom stereocenters.